The fourth-order valence-electron chi connectivity index (χ4n) is 1.95. The fourth-order valence-corrected chi connectivity index (χ4v) is 2.77. The van der Waals surface area contributed by atoms with Crippen molar-refractivity contribution in [2.45, 2.75) is 11.4 Å². The Morgan fingerprint density at radius 2 is 1.55 bits per heavy atom. The van der Waals surface area contributed by atoms with Crippen LogP contribution < -0.4 is 0 Å². The third-order valence-corrected chi connectivity index (χ3v) is 4.00. The number of carbonyl (C=O) groups excluding carboxylic acids is 1. The molecule has 0 aliphatic carbocycles. The van der Waals surface area contributed by atoms with Gasteiger partial charge in [-0.3, -0.25) is 9.59 Å². The molecule has 0 radical (unpaired) electrons. The van der Waals surface area contributed by atoms with E-state index in [1.165, 1.54) is 16.7 Å². The Morgan fingerprint density at radius 1 is 0.955 bits per heavy atom. The van der Waals surface area contributed by atoms with Crippen molar-refractivity contribution in [3.05, 3.63) is 66.2 Å². The lowest BCUT2D eigenvalue weighted by Crippen LogP contribution is -2.36. The number of carboxylic acids is 1. The quantitative estimate of drug-likeness (QED) is 0.798. The third kappa shape index (κ3) is 5.26. The molecule has 5 heteroatoms. The molecule has 0 aromatic heterocycles. The molecule has 0 fully saturated rings. The number of carbonyl (C=O) groups is 2. The van der Waals surface area contributed by atoms with E-state index in [1.54, 1.807) is 0 Å². The monoisotopic (exact) mass is 315 g/mol. The number of hydrogen-bond donors (Lipinski definition) is 1. The Bertz CT molecular complexity index is 616. The van der Waals surface area contributed by atoms with Crippen molar-refractivity contribution in [3.63, 3.8) is 0 Å². The van der Waals surface area contributed by atoms with Gasteiger partial charge in [0.15, 0.2) is 0 Å². The summed E-state index contributed by atoms with van der Waals surface area (Å²) in [5, 5.41) is 9.00. The molecule has 0 saturated heterocycles. The molecule has 2 aromatic rings. The molecular weight excluding hydrogens is 298 g/mol. The fraction of sp³-hybridized carbons (Fsp3) is 0.176. The van der Waals surface area contributed by atoms with Crippen LogP contribution in [0.25, 0.3) is 0 Å². The molecule has 0 atom stereocenters. The lowest BCUT2D eigenvalue weighted by molar-refractivity contribution is -0.143. The van der Waals surface area contributed by atoms with Crippen LogP contribution in [0, 0.1) is 0 Å². The van der Waals surface area contributed by atoms with Gasteiger partial charge in [-0.1, -0.05) is 48.5 Å². The highest BCUT2D eigenvalue weighted by molar-refractivity contribution is 8.00. The number of benzene rings is 2. The molecule has 1 amide bonds. The Hall–Kier alpha value is -2.27. The van der Waals surface area contributed by atoms with Crippen LogP contribution >= 0.6 is 11.8 Å². The first-order chi connectivity index (χ1) is 10.6. The van der Waals surface area contributed by atoms with E-state index in [2.05, 4.69) is 0 Å². The second kappa shape index (κ2) is 8.24. The van der Waals surface area contributed by atoms with E-state index in [9.17, 15) is 9.59 Å². The van der Waals surface area contributed by atoms with E-state index in [-0.39, 0.29) is 18.2 Å². The highest BCUT2D eigenvalue weighted by atomic mass is 32.2. The minimum atomic E-state index is -1.01. The molecule has 0 unspecified atom stereocenters. The van der Waals surface area contributed by atoms with Crippen molar-refractivity contribution in [3.8, 4) is 0 Å². The summed E-state index contributed by atoms with van der Waals surface area (Å²) in [7, 11) is 0. The van der Waals surface area contributed by atoms with Crippen LogP contribution in [0.15, 0.2) is 65.6 Å². The Labute approximate surface area is 133 Å². The molecular formula is C17H17NO3S. The second-order valence-electron chi connectivity index (χ2n) is 4.73. The van der Waals surface area contributed by atoms with Gasteiger partial charge in [0.25, 0.3) is 0 Å². The maximum atomic E-state index is 12.3. The zero-order valence-corrected chi connectivity index (χ0v) is 12.8. The molecule has 2 aromatic carbocycles. The molecule has 0 aliphatic heterocycles. The van der Waals surface area contributed by atoms with Crippen molar-refractivity contribution >= 4 is 23.6 Å². The topological polar surface area (TPSA) is 57.6 Å². The van der Waals surface area contributed by atoms with Crippen molar-refractivity contribution < 1.29 is 14.7 Å². The summed E-state index contributed by atoms with van der Waals surface area (Å²) < 4.78 is 0. The van der Waals surface area contributed by atoms with Crippen molar-refractivity contribution in [2.24, 2.45) is 0 Å². The molecule has 0 saturated carbocycles. The van der Waals surface area contributed by atoms with Gasteiger partial charge >= 0.3 is 5.97 Å². The predicted molar refractivity (Wildman–Crippen MR) is 86.7 cm³/mol. The number of thioether (sulfide) groups is 1. The molecule has 4 nitrogen and oxygen atoms in total. The smallest absolute Gasteiger partial charge is 0.323 e. The van der Waals surface area contributed by atoms with Gasteiger partial charge in [-0.2, -0.15) is 0 Å². The molecule has 0 heterocycles. The molecule has 0 bridgehead atoms. The van der Waals surface area contributed by atoms with Crippen molar-refractivity contribution in [2.75, 3.05) is 12.3 Å². The number of amides is 1. The van der Waals surface area contributed by atoms with E-state index in [0.29, 0.717) is 6.54 Å². The maximum Gasteiger partial charge on any atom is 0.323 e. The van der Waals surface area contributed by atoms with Gasteiger partial charge in [-0.05, 0) is 17.7 Å². The number of aliphatic carboxylic acids is 1. The van der Waals surface area contributed by atoms with Crippen LogP contribution in [0.5, 0.6) is 0 Å². The van der Waals surface area contributed by atoms with Crippen molar-refractivity contribution in [1.29, 1.82) is 0 Å². The van der Waals surface area contributed by atoms with Gasteiger partial charge in [0, 0.05) is 11.4 Å². The number of carboxylic acid groups (broad SMARTS) is 1. The molecule has 114 valence electrons. The van der Waals surface area contributed by atoms with Gasteiger partial charge in [-0.15, -0.1) is 11.8 Å². The van der Waals surface area contributed by atoms with Crippen LogP contribution in [0.1, 0.15) is 5.56 Å². The number of rotatable bonds is 7. The van der Waals surface area contributed by atoms with Crippen LogP contribution in [0.3, 0.4) is 0 Å². The molecule has 0 aliphatic rings. The zero-order chi connectivity index (χ0) is 15.8. The highest BCUT2D eigenvalue weighted by Crippen LogP contribution is 2.18. The summed E-state index contributed by atoms with van der Waals surface area (Å²) in [5.41, 5.74) is 0.918. The average Bonchev–Trinajstić information content (AvgIpc) is 2.53. The minimum Gasteiger partial charge on any atom is -0.480 e. The van der Waals surface area contributed by atoms with Crippen LogP contribution in [0.4, 0.5) is 0 Å². The van der Waals surface area contributed by atoms with Crippen LogP contribution in [0.2, 0.25) is 0 Å². The number of hydrogen-bond acceptors (Lipinski definition) is 3. The van der Waals surface area contributed by atoms with E-state index in [0.717, 1.165) is 10.5 Å². The first-order valence-corrected chi connectivity index (χ1v) is 7.85. The predicted octanol–water partition coefficient (Wildman–Crippen LogP) is 2.89. The molecule has 2 rings (SSSR count). The van der Waals surface area contributed by atoms with Crippen LogP contribution in [-0.4, -0.2) is 34.2 Å². The number of nitrogens with zero attached hydrogens (tertiary/aromatic N) is 1. The summed E-state index contributed by atoms with van der Waals surface area (Å²) in [6.45, 7) is 0.0183. The standard InChI is InChI=1S/C17H17NO3S/c19-16(13-22-15-9-5-2-6-10-15)18(12-17(20)21)11-14-7-3-1-4-8-14/h1-10H,11-13H2,(H,20,21). The zero-order valence-electron chi connectivity index (χ0n) is 12.0. The first kappa shape index (κ1) is 16.1. The second-order valence-corrected chi connectivity index (χ2v) is 5.78. The lowest BCUT2D eigenvalue weighted by atomic mass is 10.2. The van der Waals surface area contributed by atoms with Crippen LogP contribution in [-0.2, 0) is 16.1 Å². The SMILES string of the molecule is O=C(O)CN(Cc1ccccc1)C(=O)CSc1ccccc1. The Morgan fingerprint density at radius 3 is 2.14 bits per heavy atom. The van der Waals surface area contributed by atoms with Crippen molar-refractivity contribution in [1.82, 2.24) is 4.90 Å². The normalized spacial score (nSPS) is 10.2. The van der Waals surface area contributed by atoms with E-state index >= 15 is 0 Å². The third-order valence-electron chi connectivity index (χ3n) is 3.00. The van der Waals surface area contributed by atoms with E-state index < -0.39 is 5.97 Å². The largest absolute Gasteiger partial charge is 0.480 e. The summed E-state index contributed by atoms with van der Waals surface area (Å²) in [5.74, 6) is -0.960. The van der Waals surface area contributed by atoms with Gasteiger partial charge in [0.05, 0.1) is 5.75 Å². The van der Waals surface area contributed by atoms with E-state index in [4.69, 9.17) is 5.11 Å². The van der Waals surface area contributed by atoms with E-state index in [1.807, 2.05) is 60.7 Å². The van der Waals surface area contributed by atoms with Gasteiger partial charge in [0.2, 0.25) is 5.91 Å². The summed E-state index contributed by atoms with van der Waals surface area (Å²) >= 11 is 1.41. The molecule has 22 heavy (non-hydrogen) atoms. The molecule has 0 spiro atoms. The lowest BCUT2D eigenvalue weighted by Gasteiger charge is -2.20. The summed E-state index contributed by atoms with van der Waals surface area (Å²) in [6, 6.07) is 19.0. The van der Waals surface area contributed by atoms with Gasteiger partial charge in [0.1, 0.15) is 6.54 Å². The van der Waals surface area contributed by atoms with Gasteiger partial charge in [-0.25, -0.2) is 0 Å². The summed E-state index contributed by atoms with van der Waals surface area (Å²) in [4.78, 5) is 25.6. The average molecular weight is 315 g/mol. The maximum absolute atomic E-state index is 12.3. The molecule has 1 N–H and O–H groups in total. The Balaban J connectivity index is 1.98. The Kier molecular flexibility index (Phi) is 6.03. The highest BCUT2D eigenvalue weighted by Gasteiger charge is 2.17. The summed E-state index contributed by atoms with van der Waals surface area (Å²) in [6.07, 6.45) is 0. The van der Waals surface area contributed by atoms with Gasteiger partial charge < -0.3 is 10.0 Å². The minimum absolute atomic E-state index is 0.180. The first-order valence-electron chi connectivity index (χ1n) is 6.86.